The first kappa shape index (κ1) is 12.5. The fourth-order valence-electron chi connectivity index (χ4n) is 1.73. The molecule has 1 N–H and O–H groups in total. The molecule has 15 heavy (non-hydrogen) atoms. The molecule has 0 radical (unpaired) electrons. The average Bonchev–Trinajstić information content (AvgIpc) is 2.70. The molecule has 0 aromatic rings. The Morgan fingerprint density at radius 1 is 1.60 bits per heavy atom. The SMILES string of the molecule is CCOC(=O)CNCCCC1CCCO1. The molecule has 1 aliphatic heterocycles. The van der Waals surface area contributed by atoms with Gasteiger partial charge >= 0.3 is 5.97 Å². The van der Waals surface area contributed by atoms with Gasteiger partial charge in [-0.3, -0.25) is 4.79 Å². The number of hydrogen-bond donors (Lipinski definition) is 1. The second-order valence-electron chi connectivity index (χ2n) is 3.76. The van der Waals surface area contributed by atoms with Gasteiger partial charge in [0.1, 0.15) is 0 Å². The van der Waals surface area contributed by atoms with Crippen molar-refractivity contribution < 1.29 is 14.3 Å². The van der Waals surface area contributed by atoms with Gasteiger partial charge in [-0.05, 0) is 39.2 Å². The summed E-state index contributed by atoms with van der Waals surface area (Å²) >= 11 is 0. The largest absolute Gasteiger partial charge is 0.465 e. The van der Waals surface area contributed by atoms with Crippen LogP contribution in [0.4, 0.5) is 0 Å². The molecule has 1 heterocycles. The van der Waals surface area contributed by atoms with E-state index in [1.807, 2.05) is 6.92 Å². The molecule has 1 saturated heterocycles. The molecule has 0 aliphatic carbocycles. The highest BCUT2D eigenvalue weighted by atomic mass is 16.5. The number of carbonyl (C=O) groups is 1. The third kappa shape index (κ3) is 5.74. The summed E-state index contributed by atoms with van der Waals surface area (Å²) in [5, 5.41) is 3.06. The molecule has 1 fully saturated rings. The molecule has 1 aliphatic rings. The zero-order chi connectivity index (χ0) is 10.9. The van der Waals surface area contributed by atoms with Crippen molar-refractivity contribution in [1.29, 1.82) is 0 Å². The second-order valence-corrected chi connectivity index (χ2v) is 3.76. The minimum atomic E-state index is -0.172. The minimum Gasteiger partial charge on any atom is -0.465 e. The van der Waals surface area contributed by atoms with Crippen molar-refractivity contribution in [2.24, 2.45) is 0 Å². The zero-order valence-electron chi connectivity index (χ0n) is 9.46. The number of rotatable bonds is 7. The molecule has 4 heteroatoms. The van der Waals surface area contributed by atoms with E-state index in [1.54, 1.807) is 0 Å². The van der Waals surface area contributed by atoms with E-state index in [4.69, 9.17) is 9.47 Å². The molecular formula is C11H21NO3. The van der Waals surface area contributed by atoms with Gasteiger partial charge < -0.3 is 14.8 Å². The van der Waals surface area contributed by atoms with E-state index >= 15 is 0 Å². The van der Waals surface area contributed by atoms with Gasteiger partial charge in [0, 0.05) is 6.61 Å². The van der Waals surface area contributed by atoms with Gasteiger partial charge in [0.25, 0.3) is 0 Å². The van der Waals surface area contributed by atoms with Crippen molar-refractivity contribution in [3.8, 4) is 0 Å². The number of carbonyl (C=O) groups excluding carboxylic acids is 1. The quantitative estimate of drug-likeness (QED) is 0.510. The topological polar surface area (TPSA) is 47.6 Å². The number of ether oxygens (including phenoxy) is 2. The van der Waals surface area contributed by atoms with Gasteiger partial charge in [0.15, 0.2) is 0 Å². The summed E-state index contributed by atoms with van der Waals surface area (Å²) in [6.07, 6.45) is 4.99. The summed E-state index contributed by atoms with van der Waals surface area (Å²) in [5.41, 5.74) is 0. The van der Waals surface area contributed by atoms with Crippen LogP contribution in [0.2, 0.25) is 0 Å². The maximum Gasteiger partial charge on any atom is 0.319 e. The Morgan fingerprint density at radius 3 is 3.13 bits per heavy atom. The predicted octanol–water partition coefficient (Wildman–Crippen LogP) is 1.10. The lowest BCUT2D eigenvalue weighted by molar-refractivity contribution is -0.141. The fraction of sp³-hybridized carbons (Fsp3) is 0.909. The average molecular weight is 215 g/mol. The smallest absolute Gasteiger partial charge is 0.319 e. The summed E-state index contributed by atoms with van der Waals surface area (Å²) in [4.78, 5) is 11.0. The van der Waals surface area contributed by atoms with Crippen LogP contribution in [0, 0.1) is 0 Å². The van der Waals surface area contributed by atoms with Crippen molar-refractivity contribution in [1.82, 2.24) is 5.32 Å². The Balaban J connectivity index is 1.86. The lowest BCUT2D eigenvalue weighted by Gasteiger charge is -2.09. The maximum absolute atomic E-state index is 11.0. The lowest BCUT2D eigenvalue weighted by atomic mass is 10.1. The lowest BCUT2D eigenvalue weighted by Crippen LogP contribution is -2.26. The summed E-state index contributed by atoms with van der Waals surface area (Å²) < 4.78 is 10.3. The van der Waals surface area contributed by atoms with Crippen LogP contribution < -0.4 is 5.32 Å². The van der Waals surface area contributed by atoms with E-state index in [-0.39, 0.29) is 5.97 Å². The highest BCUT2D eigenvalue weighted by molar-refractivity contribution is 5.71. The van der Waals surface area contributed by atoms with Crippen LogP contribution in [0.15, 0.2) is 0 Å². The van der Waals surface area contributed by atoms with Crippen LogP contribution in [-0.4, -0.2) is 38.4 Å². The molecule has 88 valence electrons. The molecule has 4 nitrogen and oxygen atoms in total. The van der Waals surface area contributed by atoms with Crippen molar-refractivity contribution >= 4 is 5.97 Å². The van der Waals surface area contributed by atoms with Crippen LogP contribution in [0.25, 0.3) is 0 Å². The Bertz CT molecular complexity index is 179. The molecule has 0 spiro atoms. The van der Waals surface area contributed by atoms with Crippen LogP contribution in [-0.2, 0) is 14.3 Å². The van der Waals surface area contributed by atoms with Crippen LogP contribution >= 0.6 is 0 Å². The third-order valence-electron chi connectivity index (χ3n) is 2.48. The first-order chi connectivity index (χ1) is 7.33. The van der Waals surface area contributed by atoms with Crippen molar-refractivity contribution in [2.45, 2.75) is 38.7 Å². The van der Waals surface area contributed by atoms with Crippen molar-refractivity contribution in [2.75, 3.05) is 26.3 Å². The Labute approximate surface area is 91.3 Å². The third-order valence-corrected chi connectivity index (χ3v) is 2.48. The van der Waals surface area contributed by atoms with Gasteiger partial charge in [-0.1, -0.05) is 0 Å². The number of esters is 1. The molecular weight excluding hydrogens is 194 g/mol. The van der Waals surface area contributed by atoms with Crippen LogP contribution in [0.5, 0.6) is 0 Å². The Hall–Kier alpha value is -0.610. The minimum absolute atomic E-state index is 0.172. The summed E-state index contributed by atoms with van der Waals surface area (Å²) in [6, 6.07) is 0. The van der Waals surface area contributed by atoms with Gasteiger partial charge in [0.2, 0.25) is 0 Å². The van der Waals surface area contributed by atoms with E-state index in [9.17, 15) is 4.79 Å². The predicted molar refractivity (Wildman–Crippen MR) is 57.7 cm³/mol. The first-order valence-electron chi connectivity index (χ1n) is 5.81. The van der Waals surface area contributed by atoms with Crippen LogP contribution in [0.1, 0.15) is 32.6 Å². The molecule has 0 aromatic heterocycles. The van der Waals surface area contributed by atoms with Gasteiger partial charge in [-0.2, -0.15) is 0 Å². The van der Waals surface area contributed by atoms with Crippen molar-refractivity contribution in [3.63, 3.8) is 0 Å². The van der Waals surface area contributed by atoms with E-state index in [1.165, 1.54) is 12.8 Å². The van der Waals surface area contributed by atoms with E-state index in [2.05, 4.69) is 5.32 Å². The molecule has 0 aromatic carbocycles. The monoisotopic (exact) mass is 215 g/mol. The molecule has 1 unspecified atom stereocenters. The van der Waals surface area contributed by atoms with Gasteiger partial charge in [-0.15, -0.1) is 0 Å². The molecule has 0 bridgehead atoms. The molecule has 0 saturated carbocycles. The summed E-state index contributed by atoms with van der Waals surface area (Å²) in [7, 11) is 0. The Morgan fingerprint density at radius 2 is 2.47 bits per heavy atom. The molecule has 1 rings (SSSR count). The first-order valence-corrected chi connectivity index (χ1v) is 5.81. The maximum atomic E-state index is 11.0. The highest BCUT2D eigenvalue weighted by Gasteiger charge is 2.14. The zero-order valence-corrected chi connectivity index (χ0v) is 9.46. The molecule has 1 atom stereocenters. The second kappa shape index (κ2) is 7.65. The summed E-state index contributed by atoms with van der Waals surface area (Å²) in [5.74, 6) is -0.172. The van der Waals surface area contributed by atoms with E-state index in [0.29, 0.717) is 19.3 Å². The normalized spacial score (nSPS) is 20.5. The number of hydrogen-bond acceptors (Lipinski definition) is 4. The van der Waals surface area contributed by atoms with Crippen LogP contribution in [0.3, 0.4) is 0 Å². The highest BCUT2D eigenvalue weighted by Crippen LogP contribution is 2.16. The molecule has 0 amide bonds. The summed E-state index contributed by atoms with van der Waals surface area (Å²) in [6.45, 7) is 4.37. The van der Waals surface area contributed by atoms with E-state index < -0.39 is 0 Å². The number of nitrogens with one attached hydrogen (secondary N) is 1. The standard InChI is InChI=1S/C11H21NO3/c1-2-14-11(13)9-12-7-3-5-10-6-4-8-15-10/h10,12H,2-9H2,1H3. The van der Waals surface area contributed by atoms with Crippen molar-refractivity contribution in [3.05, 3.63) is 0 Å². The fourth-order valence-corrected chi connectivity index (χ4v) is 1.73. The Kier molecular flexibility index (Phi) is 6.36. The van der Waals surface area contributed by atoms with Gasteiger partial charge in [-0.25, -0.2) is 0 Å². The van der Waals surface area contributed by atoms with E-state index in [0.717, 1.165) is 26.0 Å². The van der Waals surface area contributed by atoms with Gasteiger partial charge in [0.05, 0.1) is 19.3 Å².